The average Bonchev–Trinajstić information content (AvgIpc) is 3.33. The number of thiophene rings is 1. The van der Waals surface area contributed by atoms with E-state index in [0.29, 0.717) is 12.8 Å². The van der Waals surface area contributed by atoms with E-state index in [0.717, 1.165) is 29.1 Å². The molecule has 8 heteroatoms. The highest BCUT2D eigenvalue weighted by Crippen LogP contribution is 2.29. The van der Waals surface area contributed by atoms with Crippen LogP contribution in [0.25, 0.3) is 9.88 Å². The van der Waals surface area contributed by atoms with Crippen LogP contribution in [0.4, 0.5) is 0 Å². The van der Waals surface area contributed by atoms with E-state index in [1.54, 1.807) is 16.7 Å². The number of aromatic nitrogens is 1. The molecule has 1 atom stereocenters. The SMILES string of the molecule is C[C@@H](OC(=O)c1csc(-c2cccs2)n1)C(=O)NC1(C#N)CCCCC1. The van der Waals surface area contributed by atoms with Gasteiger partial charge in [0.2, 0.25) is 0 Å². The van der Waals surface area contributed by atoms with Gasteiger partial charge in [0.1, 0.15) is 10.5 Å². The van der Waals surface area contributed by atoms with Crippen LogP contribution >= 0.6 is 22.7 Å². The average molecular weight is 390 g/mol. The lowest BCUT2D eigenvalue weighted by Crippen LogP contribution is -2.52. The van der Waals surface area contributed by atoms with Crippen LogP contribution in [0.3, 0.4) is 0 Å². The van der Waals surface area contributed by atoms with E-state index in [1.165, 1.54) is 18.3 Å². The molecule has 1 amide bonds. The monoisotopic (exact) mass is 389 g/mol. The zero-order valence-electron chi connectivity index (χ0n) is 14.4. The molecule has 2 aromatic rings. The minimum Gasteiger partial charge on any atom is -0.448 e. The van der Waals surface area contributed by atoms with Crippen molar-refractivity contribution >= 4 is 34.6 Å². The summed E-state index contributed by atoms with van der Waals surface area (Å²) >= 11 is 2.90. The number of carbonyl (C=O) groups excluding carboxylic acids is 2. The quantitative estimate of drug-likeness (QED) is 0.786. The van der Waals surface area contributed by atoms with Crippen LogP contribution < -0.4 is 5.32 Å². The number of hydrogen-bond acceptors (Lipinski definition) is 7. The zero-order valence-corrected chi connectivity index (χ0v) is 16.0. The first-order valence-corrected chi connectivity index (χ1v) is 10.2. The molecule has 2 aromatic heterocycles. The molecule has 1 aliphatic carbocycles. The maximum atomic E-state index is 12.4. The van der Waals surface area contributed by atoms with Crippen molar-refractivity contribution in [1.82, 2.24) is 10.3 Å². The second-order valence-corrected chi connectivity index (χ2v) is 8.11. The fourth-order valence-corrected chi connectivity index (χ4v) is 4.52. The molecule has 136 valence electrons. The number of nitriles is 1. The van der Waals surface area contributed by atoms with Gasteiger partial charge in [-0.1, -0.05) is 25.3 Å². The topological polar surface area (TPSA) is 92.1 Å². The summed E-state index contributed by atoms with van der Waals surface area (Å²) in [4.78, 5) is 29.9. The number of thiazole rings is 1. The molecule has 1 saturated carbocycles. The molecule has 0 bridgehead atoms. The Morgan fingerprint density at radius 2 is 2.12 bits per heavy atom. The van der Waals surface area contributed by atoms with E-state index in [-0.39, 0.29) is 5.69 Å². The molecule has 2 heterocycles. The summed E-state index contributed by atoms with van der Waals surface area (Å²) in [7, 11) is 0. The Hall–Kier alpha value is -2.24. The molecule has 0 spiro atoms. The Balaban J connectivity index is 1.60. The highest BCUT2D eigenvalue weighted by atomic mass is 32.1. The molecular weight excluding hydrogens is 370 g/mol. The lowest BCUT2D eigenvalue weighted by Gasteiger charge is -2.32. The number of carbonyl (C=O) groups is 2. The van der Waals surface area contributed by atoms with Crippen molar-refractivity contribution in [2.45, 2.75) is 50.7 Å². The lowest BCUT2D eigenvalue weighted by molar-refractivity contribution is -0.130. The van der Waals surface area contributed by atoms with Crippen LogP contribution in [-0.2, 0) is 9.53 Å². The maximum Gasteiger partial charge on any atom is 0.358 e. The van der Waals surface area contributed by atoms with Gasteiger partial charge in [-0.3, -0.25) is 4.79 Å². The predicted molar refractivity (Wildman–Crippen MR) is 99.9 cm³/mol. The van der Waals surface area contributed by atoms with Gasteiger partial charge in [0.25, 0.3) is 5.91 Å². The van der Waals surface area contributed by atoms with Gasteiger partial charge in [-0.25, -0.2) is 9.78 Å². The van der Waals surface area contributed by atoms with E-state index >= 15 is 0 Å². The van der Waals surface area contributed by atoms with Gasteiger partial charge in [0, 0.05) is 5.38 Å². The van der Waals surface area contributed by atoms with Crippen molar-refractivity contribution in [2.24, 2.45) is 0 Å². The molecule has 6 nitrogen and oxygen atoms in total. The van der Waals surface area contributed by atoms with Crippen molar-refractivity contribution in [1.29, 1.82) is 5.26 Å². The molecule has 0 aromatic carbocycles. The van der Waals surface area contributed by atoms with Crippen LogP contribution in [0.5, 0.6) is 0 Å². The summed E-state index contributed by atoms with van der Waals surface area (Å²) in [5.74, 6) is -1.09. The van der Waals surface area contributed by atoms with Crippen LogP contribution in [0.15, 0.2) is 22.9 Å². The number of amides is 1. The Kier molecular flexibility index (Phi) is 5.69. The molecule has 1 fully saturated rings. The second kappa shape index (κ2) is 7.98. The van der Waals surface area contributed by atoms with Crippen LogP contribution in [0.2, 0.25) is 0 Å². The highest BCUT2D eigenvalue weighted by molar-refractivity contribution is 7.20. The first kappa shape index (κ1) is 18.5. The van der Waals surface area contributed by atoms with E-state index in [1.807, 2.05) is 17.5 Å². The number of nitrogens with one attached hydrogen (secondary N) is 1. The zero-order chi connectivity index (χ0) is 18.6. The first-order valence-electron chi connectivity index (χ1n) is 8.47. The molecule has 0 radical (unpaired) electrons. The molecule has 1 aliphatic rings. The van der Waals surface area contributed by atoms with E-state index in [4.69, 9.17) is 4.74 Å². The summed E-state index contributed by atoms with van der Waals surface area (Å²) in [6.45, 7) is 1.51. The van der Waals surface area contributed by atoms with E-state index in [9.17, 15) is 14.9 Å². The van der Waals surface area contributed by atoms with Gasteiger partial charge in [0.05, 0.1) is 10.9 Å². The van der Waals surface area contributed by atoms with Crippen molar-refractivity contribution in [2.75, 3.05) is 0 Å². The number of rotatable bonds is 5. The number of esters is 1. The minimum absolute atomic E-state index is 0.186. The second-order valence-electron chi connectivity index (χ2n) is 6.31. The van der Waals surface area contributed by atoms with Crippen molar-refractivity contribution in [3.63, 3.8) is 0 Å². The standard InChI is InChI=1S/C18H19N3O3S2/c1-12(15(22)21-18(11-19)7-3-2-4-8-18)24-17(23)13-10-26-16(20-13)14-6-5-9-25-14/h5-6,9-10,12H,2-4,7-8H2,1H3,(H,21,22)/t12-/m1/s1. The lowest BCUT2D eigenvalue weighted by atomic mass is 9.83. The smallest absolute Gasteiger partial charge is 0.358 e. The number of ether oxygens (including phenoxy) is 1. The number of hydrogen-bond donors (Lipinski definition) is 1. The third-order valence-electron chi connectivity index (χ3n) is 4.38. The molecule has 0 saturated heterocycles. The van der Waals surface area contributed by atoms with Gasteiger partial charge >= 0.3 is 5.97 Å². The van der Waals surface area contributed by atoms with Crippen LogP contribution in [0, 0.1) is 11.3 Å². The summed E-state index contributed by atoms with van der Waals surface area (Å²) in [6, 6.07) is 6.07. The molecular formula is C18H19N3O3S2. The minimum atomic E-state index is -0.985. The van der Waals surface area contributed by atoms with Crippen molar-refractivity contribution in [3.05, 3.63) is 28.6 Å². The molecule has 3 rings (SSSR count). The summed E-state index contributed by atoms with van der Waals surface area (Å²) in [6.07, 6.45) is 3.17. The summed E-state index contributed by atoms with van der Waals surface area (Å²) in [5.41, 5.74) is -0.658. The Morgan fingerprint density at radius 3 is 2.77 bits per heavy atom. The van der Waals surface area contributed by atoms with Crippen LogP contribution in [0.1, 0.15) is 49.5 Å². The highest BCUT2D eigenvalue weighted by Gasteiger charge is 2.35. The Bertz CT molecular complexity index is 817. The normalized spacial score (nSPS) is 17.1. The van der Waals surface area contributed by atoms with Gasteiger partial charge < -0.3 is 10.1 Å². The maximum absolute atomic E-state index is 12.4. The first-order chi connectivity index (χ1) is 12.5. The molecule has 0 aliphatic heterocycles. The predicted octanol–water partition coefficient (Wildman–Crippen LogP) is 3.76. The van der Waals surface area contributed by atoms with E-state index in [2.05, 4.69) is 16.4 Å². The van der Waals surface area contributed by atoms with Gasteiger partial charge in [-0.2, -0.15) is 5.26 Å². The van der Waals surface area contributed by atoms with Gasteiger partial charge in [-0.05, 0) is 31.2 Å². The summed E-state index contributed by atoms with van der Waals surface area (Å²) in [5, 5.41) is 16.5. The fraction of sp³-hybridized carbons (Fsp3) is 0.444. The Morgan fingerprint density at radius 1 is 1.35 bits per heavy atom. The van der Waals surface area contributed by atoms with Crippen LogP contribution in [-0.4, -0.2) is 28.5 Å². The third kappa shape index (κ3) is 4.11. The number of nitrogens with zero attached hydrogens (tertiary/aromatic N) is 2. The van der Waals surface area contributed by atoms with Gasteiger partial charge in [-0.15, -0.1) is 22.7 Å². The van der Waals surface area contributed by atoms with E-state index < -0.39 is 23.5 Å². The molecule has 26 heavy (non-hydrogen) atoms. The molecule has 0 unspecified atom stereocenters. The van der Waals surface area contributed by atoms with Gasteiger partial charge in [0.15, 0.2) is 11.8 Å². The third-order valence-corrected chi connectivity index (χ3v) is 6.26. The van der Waals surface area contributed by atoms with Crippen molar-refractivity contribution < 1.29 is 14.3 Å². The Labute approximate surface area is 159 Å². The fourth-order valence-electron chi connectivity index (χ4n) is 2.91. The summed E-state index contributed by atoms with van der Waals surface area (Å²) < 4.78 is 5.25. The largest absolute Gasteiger partial charge is 0.448 e. The molecule has 1 N–H and O–H groups in total. The van der Waals surface area contributed by atoms with Crippen molar-refractivity contribution in [3.8, 4) is 16.0 Å².